The lowest BCUT2D eigenvalue weighted by molar-refractivity contribution is 0.332. The van der Waals surface area contributed by atoms with Gasteiger partial charge in [0.15, 0.2) is 0 Å². The Morgan fingerprint density at radius 2 is 2.12 bits per heavy atom. The first kappa shape index (κ1) is 12.6. The summed E-state index contributed by atoms with van der Waals surface area (Å²) in [7, 11) is 0. The number of halogens is 2. The standard InChI is InChI=1S/C12H17ClFN3/c1-9-15-11(13)8-12(16-9)17-6-3-10(2-5-14)4-7-17/h8,10H,2-7H2,1H3. The number of rotatable bonds is 3. The molecule has 5 heteroatoms. The van der Waals surface area contributed by atoms with E-state index in [2.05, 4.69) is 14.9 Å². The maximum atomic E-state index is 12.3. The Balaban J connectivity index is 2.00. The third kappa shape index (κ3) is 3.28. The lowest BCUT2D eigenvalue weighted by Gasteiger charge is -2.32. The molecule has 1 aromatic rings. The van der Waals surface area contributed by atoms with Crippen molar-refractivity contribution >= 4 is 17.4 Å². The summed E-state index contributed by atoms with van der Waals surface area (Å²) in [5, 5.41) is 0.485. The molecule has 3 nitrogen and oxygen atoms in total. The van der Waals surface area contributed by atoms with E-state index in [-0.39, 0.29) is 6.67 Å². The van der Waals surface area contributed by atoms with Gasteiger partial charge < -0.3 is 4.90 Å². The smallest absolute Gasteiger partial charge is 0.134 e. The molecule has 0 aromatic carbocycles. The van der Waals surface area contributed by atoms with E-state index in [1.54, 1.807) is 6.07 Å². The van der Waals surface area contributed by atoms with Crippen LogP contribution in [0.5, 0.6) is 0 Å². The molecule has 2 heterocycles. The Kier molecular flexibility index (Phi) is 4.15. The van der Waals surface area contributed by atoms with Crippen LogP contribution in [-0.2, 0) is 0 Å². The van der Waals surface area contributed by atoms with Crippen molar-refractivity contribution < 1.29 is 4.39 Å². The van der Waals surface area contributed by atoms with Crippen LogP contribution in [0.3, 0.4) is 0 Å². The molecule has 0 amide bonds. The molecular formula is C12H17ClFN3. The fourth-order valence-electron chi connectivity index (χ4n) is 2.28. The summed E-state index contributed by atoms with van der Waals surface area (Å²) in [6.45, 7) is 3.49. The maximum absolute atomic E-state index is 12.3. The minimum absolute atomic E-state index is 0.205. The molecule has 1 saturated heterocycles. The van der Waals surface area contributed by atoms with Crippen molar-refractivity contribution in [3.8, 4) is 0 Å². The third-order valence-electron chi connectivity index (χ3n) is 3.25. The van der Waals surface area contributed by atoms with E-state index in [0.29, 0.717) is 23.3 Å². The minimum Gasteiger partial charge on any atom is -0.356 e. The fraction of sp³-hybridized carbons (Fsp3) is 0.667. The zero-order valence-corrected chi connectivity index (χ0v) is 10.8. The van der Waals surface area contributed by atoms with Gasteiger partial charge in [0, 0.05) is 19.2 Å². The summed E-state index contributed by atoms with van der Waals surface area (Å²) in [6.07, 6.45) is 2.76. The van der Waals surface area contributed by atoms with E-state index < -0.39 is 0 Å². The minimum atomic E-state index is -0.205. The molecule has 0 bridgehead atoms. The first-order valence-corrected chi connectivity index (χ1v) is 6.39. The molecule has 0 radical (unpaired) electrons. The maximum Gasteiger partial charge on any atom is 0.134 e. The Bertz CT molecular complexity index is 358. The van der Waals surface area contributed by atoms with Gasteiger partial charge in [-0.15, -0.1) is 0 Å². The van der Waals surface area contributed by atoms with Gasteiger partial charge in [-0.3, -0.25) is 4.39 Å². The topological polar surface area (TPSA) is 29.0 Å². The van der Waals surface area contributed by atoms with Gasteiger partial charge in [0.1, 0.15) is 16.8 Å². The molecule has 1 aliphatic heterocycles. The van der Waals surface area contributed by atoms with Gasteiger partial charge in [-0.1, -0.05) is 11.6 Å². The molecule has 1 fully saturated rings. The van der Waals surface area contributed by atoms with E-state index >= 15 is 0 Å². The molecule has 0 aliphatic carbocycles. The van der Waals surface area contributed by atoms with Gasteiger partial charge in [-0.05, 0) is 32.1 Å². The lowest BCUT2D eigenvalue weighted by atomic mass is 9.94. The number of aryl methyl sites for hydroxylation is 1. The summed E-state index contributed by atoms with van der Waals surface area (Å²) in [4.78, 5) is 10.6. The summed E-state index contributed by atoms with van der Waals surface area (Å²) in [5.41, 5.74) is 0. The van der Waals surface area contributed by atoms with Crippen LogP contribution < -0.4 is 4.90 Å². The van der Waals surface area contributed by atoms with Crippen LogP contribution in [0.2, 0.25) is 5.15 Å². The molecular weight excluding hydrogens is 241 g/mol. The third-order valence-corrected chi connectivity index (χ3v) is 3.44. The normalized spacial score (nSPS) is 17.5. The molecule has 1 aromatic heterocycles. The second-order valence-corrected chi connectivity index (χ2v) is 4.89. The van der Waals surface area contributed by atoms with Crippen molar-refractivity contribution in [2.75, 3.05) is 24.7 Å². The van der Waals surface area contributed by atoms with Crippen molar-refractivity contribution in [2.24, 2.45) is 5.92 Å². The van der Waals surface area contributed by atoms with E-state index in [1.807, 2.05) is 6.92 Å². The Labute approximate surface area is 106 Å². The highest BCUT2D eigenvalue weighted by molar-refractivity contribution is 6.29. The van der Waals surface area contributed by atoms with Crippen molar-refractivity contribution in [3.05, 3.63) is 17.0 Å². The molecule has 17 heavy (non-hydrogen) atoms. The molecule has 0 spiro atoms. The Hall–Kier alpha value is -0.900. The predicted octanol–water partition coefficient (Wildman–Crippen LogP) is 3.01. The van der Waals surface area contributed by atoms with Gasteiger partial charge in [0.05, 0.1) is 6.67 Å². The summed E-state index contributed by atoms with van der Waals surface area (Å²) in [5.74, 6) is 2.11. The molecule has 0 unspecified atom stereocenters. The number of piperidine rings is 1. The van der Waals surface area contributed by atoms with E-state index in [9.17, 15) is 4.39 Å². The van der Waals surface area contributed by atoms with Crippen molar-refractivity contribution in [1.29, 1.82) is 0 Å². The zero-order chi connectivity index (χ0) is 12.3. The number of hydrogen-bond acceptors (Lipinski definition) is 3. The summed E-state index contributed by atoms with van der Waals surface area (Å²) < 4.78 is 12.3. The molecule has 0 N–H and O–H groups in total. The second kappa shape index (κ2) is 5.63. The van der Waals surface area contributed by atoms with E-state index in [0.717, 1.165) is 31.7 Å². The van der Waals surface area contributed by atoms with Gasteiger partial charge >= 0.3 is 0 Å². The predicted molar refractivity (Wildman–Crippen MR) is 67.3 cm³/mol. The number of nitrogens with zero attached hydrogens (tertiary/aromatic N) is 3. The first-order valence-electron chi connectivity index (χ1n) is 6.01. The number of alkyl halides is 1. The highest BCUT2D eigenvalue weighted by Crippen LogP contribution is 2.25. The highest BCUT2D eigenvalue weighted by atomic mass is 35.5. The Morgan fingerprint density at radius 3 is 2.71 bits per heavy atom. The van der Waals surface area contributed by atoms with Crippen LogP contribution in [0.1, 0.15) is 25.1 Å². The fourth-order valence-corrected chi connectivity index (χ4v) is 2.50. The second-order valence-electron chi connectivity index (χ2n) is 4.50. The summed E-state index contributed by atoms with van der Waals surface area (Å²) >= 11 is 5.92. The summed E-state index contributed by atoms with van der Waals surface area (Å²) in [6, 6.07) is 1.80. The van der Waals surface area contributed by atoms with Crippen LogP contribution in [0, 0.1) is 12.8 Å². The van der Waals surface area contributed by atoms with Gasteiger partial charge in [0.25, 0.3) is 0 Å². The van der Waals surface area contributed by atoms with Crippen LogP contribution >= 0.6 is 11.6 Å². The van der Waals surface area contributed by atoms with Crippen LogP contribution in [0.4, 0.5) is 10.2 Å². The number of hydrogen-bond donors (Lipinski definition) is 0. The first-order chi connectivity index (χ1) is 8.19. The van der Waals surface area contributed by atoms with Crippen LogP contribution in [-0.4, -0.2) is 29.7 Å². The molecule has 0 atom stereocenters. The monoisotopic (exact) mass is 257 g/mol. The van der Waals surface area contributed by atoms with Gasteiger partial charge in [0.2, 0.25) is 0 Å². The average Bonchev–Trinajstić information content (AvgIpc) is 2.29. The zero-order valence-electron chi connectivity index (χ0n) is 9.99. The SMILES string of the molecule is Cc1nc(Cl)cc(N2CCC(CCF)CC2)n1. The number of anilines is 1. The highest BCUT2D eigenvalue weighted by Gasteiger charge is 2.20. The van der Waals surface area contributed by atoms with Crippen LogP contribution in [0.25, 0.3) is 0 Å². The van der Waals surface area contributed by atoms with Crippen molar-refractivity contribution in [1.82, 2.24) is 9.97 Å². The van der Waals surface area contributed by atoms with Gasteiger partial charge in [-0.25, -0.2) is 9.97 Å². The molecule has 0 saturated carbocycles. The van der Waals surface area contributed by atoms with E-state index in [4.69, 9.17) is 11.6 Å². The Morgan fingerprint density at radius 1 is 1.41 bits per heavy atom. The van der Waals surface area contributed by atoms with Crippen LogP contribution in [0.15, 0.2) is 6.07 Å². The lowest BCUT2D eigenvalue weighted by Crippen LogP contribution is -2.34. The molecule has 1 aliphatic rings. The molecule has 2 rings (SSSR count). The average molecular weight is 258 g/mol. The van der Waals surface area contributed by atoms with E-state index in [1.165, 1.54) is 0 Å². The van der Waals surface area contributed by atoms with Gasteiger partial charge in [-0.2, -0.15) is 0 Å². The molecule has 94 valence electrons. The van der Waals surface area contributed by atoms with Crippen molar-refractivity contribution in [2.45, 2.75) is 26.2 Å². The number of aromatic nitrogens is 2. The quantitative estimate of drug-likeness (QED) is 0.780. The van der Waals surface area contributed by atoms with Crippen molar-refractivity contribution in [3.63, 3.8) is 0 Å². The largest absolute Gasteiger partial charge is 0.356 e.